The van der Waals surface area contributed by atoms with E-state index in [0.29, 0.717) is 64.8 Å². The van der Waals surface area contributed by atoms with E-state index in [9.17, 15) is 23.8 Å². The van der Waals surface area contributed by atoms with Crippen LogP contribution in [0.1, 0.15) is 70.6 Å². The van der Waals surface area contributed by atoms with E-state index in [1.165, 1.54) is 0 Å². The van der Waals surface area contributed by atoms with Gasteiger partial charge in [-0.1, -0.05) is 19.3 Å². The number of aliphatic hydroxyl groups is 2. The molecule has 0 aromatic carbocycles. The zero-order valence-electron chi connectivity index (χ0n) is 16.3. The maximum Gasteiger partial charge on any atom is 0.250 e. The number of likely N-dealkylation sites (tertiary alicyclic amines) is 2. The molecular formula is C20H34F2N2O3. The SMILES string of the molecule is O=C(CC1(O)CCCCC1)N1CCC[C@@](O)(CN2CCC(F)(F)CC2)CC1. The molecule has 156 valence electrons. The van der Waals surface area contributed by atoms with Gasteiger partial charge in [-0.25, -0.2) is 8.78 Å². The summed E-state index contributed by atoms with van der Waals surface area (Å²) < 4.78 is 26.7. The van der Waals surface area contributed by atoms with Gasteiger partial charge >= 0.3 is 0 Å². The normalized spacial score (nSPS) is 32.1. The highest BCUT2D eigenvalue weighted by Crippen LogP contribution is 2.33. The second-order valence-corrected chi connectivity index (χ2v) is 9.05. The van der Waals surface area contributed by atoms with Crippen LogP contribution in [0.4, 0.5) is 8.78 Å². The lowest BCUT2D eigenvalue weighted by Crippen LogP contribution is -2.48. The van der Waals surface area contributed by atoms with E-state index >= 15 is 0 Å². The second-order valence-electron chi connectivity index (χ2n) is 9.05. The van der Waals surface area contributed by atoms with Crippen molar-refractivity contribution in [3.05, 3.63) is 0 Å². The summed E-state index contributed by atoms with van der Waals surface area (Å²) in [5.74, 6) is -2.60. The van der Waals surface area contributed by atoms with Crippen LogP contribution in [0.2, 0.25) is 0 Å². The summed E-state index contributed by atoms with van der Waals surface area (Å²) in [6.07, 6.45) is 6.06. The van der Waals surface area contributed by atoms with Crippen LogP contribution in [0, 0.1) is 0 Å². The van der Waals surface area contributed by atoms with E-state index < -0.39 is 17.1 Å². The Kier molecular flexibility index (Phi) is 6.43. The van der Waals surface area contributed by atoms with Gasteiger partial charge in [-0.2, -0.15) is 0 Å². The Morgan fingerprint density at radius 3 is 2.07 bits per heavy atom. The zero-order chi connectivity index (χ0) is 19.5. The van der Waals surface area contributed by atoms with Crippen molar-refractivity contribution in [1.82, 2.24) is 9.80 Å². The summed E-state index contributed by atoms with van der Waals surface area (Å²) in [4.78, 5) is 16.4. The van der Waals surface area contributed by atoms with Crippen LogP contribution in [0.5, 0.6) is 0 Å². The average Bonchev–Trinajstić information content (AvgIpc) is 2.79. The Bertz CT molecular complexity index is 515. The molecule has 2 saturated heterocycles. The minimum atomic E-state index is -2.58. The first kappa shape index (κ1) is 20.9. The molecule has 1 atom stereocenters. The first-order valence-corrected chi connectivity index (χ1v) is 10.5. The predicted octanol–water partition coefficient (Wildman–Crippen LogP) is 2.55. The number of carbonyl (C=O) groups excluding carboxylic acids is 1. The van der Waals surface area contributed by atoms with E-state index in [2.05, 4.69) is 0 Å². The van der Waals surface area contributed by atoms with Crippen LogP contribution in [0.25, 0.3) is 0 Å². The van der Waals surface area contributed by atoms with Crippen molar-refractivity contribution in [1.29, 1.82) is 0 Å². The van der Waals surface area contributed by atoms with Crippen molar-refractivity contribution in [3.63, 3.8) is 0 Å². The molecule has 2 N–H and O–H groups in total. The molecule has 0 unspecified atom stereocenters. The van der Waals surface area contributed by atoms with E-state index in [4.69, 9.17) is 0 Å². The van der Waals surface area contributed by atoms with Crippen molar-refractivity contribution in [2.24, 2.45) is 0 Å². The number of hydrogen-bond donors (Lipinski definition) is 2. The van der Waals surface area contributed by atoms with Crippen LogP contribution in [0.3, 0.4) is 0 Å². The number of amides is 1. The molecule has 1 amide bonds. The molecule has 0 radical (unpaired) electrons. The lowest BCUT2D eigenvalue weighted by molar-refractivity contribution is -0.138. The van der Waals surface area contributed by atoms with E-state index in [1.807, 2.05) is 4.90 Å². The number of carbonyl (C=O) groups is 1. The minimum absolute atomic E-state index is 0.0266. The van der Waals surface area contributed by atoms with Crippen molar-refractivity contribution >= 4 is 5.91 Å². The van der Waals surface area contributed by atoms with E-state index in [0.717, 1.165) is 19.3 Å². The highest BCUT2D eigenvalue weighted by Gasteiger charge is 2.39. The number of β-amino-alcohol motifs (C(OH)–C–C–N with tert-alkyl or cyclic N) is 1. The molecule has 1 aliphatic carbocycles. The number of alkyl halides is 2. The minimum Gasteiger partial charge on any atom is -0.389 e. The maximum absolute atomic E-state index is 13.3. The van der Waals surface area contributed by atoms with Crippen LogP contribution in [0.15, 0.2) is 0 Å². The lowest BCUT2D eigenvalue weighted by Gasteiger charge is -2.38. The second kappa shape index (κ2) is 8.29. The number of rotatable bonds is 4. The topological polar surface area (TPSA) is 64.0 Å². The molecule has 7 heteroatoms. The van der Waals surface area contributed by atoms with Gasteiger partial charge in [-0.15, -0.1) is 0 Å². The summed E-state index contributed by atoms with van der Waals surface area (Å²) in [5, 5.41) is 21.6. The lowest BCUT2D eigenvalue weighted by atomic mass is 9.82. The number of nitrogens with zero attached hydrogens (tertiary/aromatic N) is 2. The average molecular weight is 388 g/mol. The van der Waals surface area contributed by atoms with Crippen LogP contribution < -0.4 is 0 Å². The Labute approximate surface area is 160 Å². The maximum atomic E-state index is 13.3. The monoisotopic (exact) mass is 388 g/mol. The quantitative estimate of drug-likeness (QED) is 0.777. The fraction of sp³-hybridized carbons (Fsp3) is 0.950. The fourth-order valence-electron chi connectivity index (χ4n) is 4.82. The Morgan fingerprint density at radius 2 is 1.41 bits per heavy atom. The highest BCUT2D eigenvalue weighted by molar-refractivity contribution is 5.77. The van der Waals surface area contributed by atoms with E-state index in [1.54, 1.807) is 4.90 Å². The Balaban J connectivity index is 1.49. The van der Waals surface area contributed by atoms with Gasteiger partial charge in [0.15, 0.2) is 0 Å². The fourth-order valence-corrected chi connectivity index (χ4v) is 4.82. The first-order chi connectivity index (χ1) is 12.7. The highest BCUT2D eigenvalue weighted by atomic mass is 19.3. The zero-order valence-corrected chi connectivity index (χ0v) is 16.3. The summed E-state index contributed by atoms with van der Waals surface area (Å²) in [6.45, 7) is 2.08. The molecule has 0 spiro atoms. The van der Waals surface area contributed by atoms with Crippen LogP contribution in [-0.4, -0.2) is 75.8 Å². The van der Waals surface area contributed by atoms with Gasteiger partial charge < -0.3 is 20.0 Å². The third-order valence-corrected chi connectivity index (χ3v) is 6.64. The summed E-state index contributed by atoms with van der Waals surface area (Å²) >= 11 is 0. The van der Waals surface area contributed by atoms with Gasteiger partial charge in [0.05, 0.1) is 17.6 Å². The van der Waals surface area contributed by atoms with E-state index in [-0.39, 0.29) is 25.2 Å². The van der Waals surface area contributed by atoms with Crippen molar-refractivity contribution in [2.45, 2.75) is 87.8 Å². The Hall–Kier alpha value is -0.790. The molecule has 0 bridgehead atoms. The largest absolute Gasteiger partial charge is 0.389 e. The van der Waals surface area contributed by atoms with Crippen molar-refractivity contribution < 1.29 is 23.8 Å². The van der Waals surface area contributed by atoms with Crippen LogP contribution in [-0.2, 0) is 4.79 Å². The van der Waals surface area contributed by atoms with Gasteiger partial charge in [-0.05, 0) is 32.1 Å². The number of piperidine rings is 1. The first-order valence-electron chi connectivity index (χ1n) is 10.5. The standard InChI is InChI=1S/C20H34F2N2O3/c21-20(22)9-12-23(13-10-20)16-19(27)7-4-11-24(14-8-19)17(25)15-18(26)5-2-1-3-6-18/h26-27H,1-16H2/t19-/m0/s1. The van der Waals surface area contributed by atoms with Gasteiger partial charge in [0, 0.05) is 45.6 Å². The number of hydrogen-bond acceptors (Lipinski definition) is 4. The molecule has 5 nitrogen and oxygen atoms in total. The summed E-state index contributed by atoms with van der Waals surface area (Å²) in [6, 6.07) is 0. The smallest absolute Gasteiger partial charge is 0.250 e. The molecular weight excluding hydrogens is 354 g/mol. The molecule has 1 saturated carbocycles. The van der Waals surface area contributed by atoms with Gasteiger partial charge in [0.25, 0.3) is 5.92 Å². The van der Waals surface area contributed by atoms with Gasteiger partial charge in [0.1, 0.15) is 0 Å². The predicted molar refractivity (Wildman–Crippen MR) is 98.7 cm³/mol. The molecule has 0 aromatic rings. The third-order valence-electron chi connectivity index (χ3n) is 6.64. The van der Waals surface area contributed by atoms with Crippen molar-refractivity contribution in [3.8, 4) is 0 Å². The summed E-state index contributed by atoms with van der Waals surface area (Å²) in [5.41, 5.74) is -1.79. The molecule has 3 fully saturated rings. The van der Waals surface area contributed by atoms with Gasteiger partial charge in [0.2, 0.25) is 5.91 Å². The van der Waals surface area contributed by atoms with Crippen LogP contribution >= 0.6 is 0 Å². The van der Waals surface area contributed by atoms with Gasteiger partial charge in [-0.3, -0.25) is 4.79 Å². The number of halogens is 2. The molecule has 27 heavy (non-hydrogen) atoms. The Morgan fingerprint density at radius 1 is 0.778 bits per heavy atom. The molecule has 2 aliphatic heterocycles. The molecule has 3 aliphatic rings. The summed E-state index contributed by atoms with van der Waals surface area (Å²) in [7, 11) is 0. The molecule has 0 aromatic heterocycles. The third kappa shape index (κ3) is 5.84. The van der Waals surface area contributed by atoms with Crippen molar-refractivity contribution in [2.75, 3.05) is 32.7 Å². The molecule has 2 heterocycles. The molecule has 3 rings (SSSR count).